The largest absolute Gasteiger partial charge is 0.391 e. The molecular weight excluding hydrogens is 206 g/mol. The van der Waals surface area contributed by atoms with Crippen LogP contribution in [0.3, 0.4) is 0 Å². The summed E-state index contributed by atoms with van der Waals surface area (Å²) < 4.78 is 0. The van der Waals surface area contributed by atoms with Crippen LogP contribution in [0.5, 0.6) is 0 Å². The third-order valence-corrected chi connectivity index (χ3v) is 2.92. The molecule has 0 aliphatic rings. The predicted octanol–water partition coefficient (Wildman–Crippen LogP) is 4.76. The summed E-state index contributed by atoms with van der Waals surface area (Å²) in [5.74, 6) is 1.34. The van der Waals surface area contributed by atoms with Gasteiger partial charge in [0.05, 0.1) is 0 Å². The van der Waals surface area contributed by atoms with Crippen molar-refractivity contribution in [2.45, 2.75) is 54.9 Å². The van der Waals surface area contributed by atoms with Crippen LogP contribution in [0.1, 0.15) is 54.9 Å². The molecule has 0 aromatic carbocycles. The molecule has 100 valence electrons. The standard InChI is InChI=1S/C16H31N/c1-8-14(4)12-17-10-9-15(11-13(2)3)16(5,6)7/h9-11,13-14,17H,8,12H2,1-7H3/b10-9-,15-11+. The predicted molar refractivity (Wildman–Crippen MR) is 79.0 cm³/mol. The minimum Gasteiger partial charge on any atom is -0.391 e. The smallest absolute Gasteiger partial charge is 0.0167 e. The molecule has 1 unspecified atom stereocenters. The van der Waals surface area contributed by atoms with Crippen LogP contribution < -0.4 is 5.32 Å². The van der Waals surface area contributed by atoms with Gasteiger partial charge in [0, 0.05) is 6.54 Å². The van der Waals surface area contributed by atoms with Crippen LogP contribution in [0.2, 0.25) is 0 Å². The summed E-state index contributed by atoms with van der Waals surface area (Å²) in [4.78, 5) is 0. The van der Waals surface area contributed by atoms with E-state index in [0.717, 1.165) is 12.5 Å². The van der Waals surface area contributed by atoms with Crippen molar-refractivity contribution in [2.75, 3.05) is 6.54 Å². The molecule has 1 heteroatoms. The average molecular weight is 237 g/mol. The van der Waals surface area contributed by atoms with Crippen LogP contribution in [-0.2, 0) is 0 Å². The van der Waals surface area contributed by atoms with Gasteiger partial charge in [-0.3, -0.25) is 0 Å². The van der Waals surface area contributed by atoms with Crippen molar-refractivity contribution in [1.82, 2.24) is 5.32 Å². The molecule has 1 nitrogen and oxygen atoms in total. The van der Waals surface area contributed by atoms with E-state index in [-0.39, 0.29) is 5.41 Å². The second-order valence-electron chi connectivity index (χ2n) is 6.37. The minimum absolute atomic E-state index is 0.221. The van der Waals surface area contributed by atoms with Gasteiger partial charge in [0.2, 0.25) is 0 Å². The van der Waals surface area contributed by atoms with E-state index in [1.54, 1.807) is 0 Å². The summed E-state index contributed by atoms with van der Waals surface area (Å²) in [5.41, 5.74) is 1.63. The molecule has 0 saturated carbocycles. The van der Waals surface area contributed by atoms with Crippen molar-refractivity contribution >= 4 is 0 Å². The van der Waals surface area contributed by atoms with Gasteiger partial charge >= 0.3 is 0 Å². The van der Waals surface area contributed by atoms with Crippen molar-refractivity contribution < 1.29 is 0 Å². The molecule has 0 heterocycles. The summed E-state index contributed by atoms with van der Waals surface area (Å²) >= 11 is 0. The normalized spacial score (nSPS) is 15.6. The SMILES string of the molecule is CCC(C)CN/C=C\C(=C/C(C)C)C(C)(C)C. The Labute approximate surface area is 108 Å². The highest BCUT2D eigenvalue weighted by Crippen LogP contribution is 2.27. The topological polar surface area (TPSA) is 12.0 Å². The molecular formula is C16H31N. The van der Waals surface area contributed by atoms with Gasteiger partial charge in [0.25, 0.3) is 0 Å². The Morgan fingerprint density at radius 2 is 1.76 bits per heavy atom. The monoisotopic (exact) mass is 237 g/mol. The van der Waals surface area contributed by atoms with Gasteiger partial charge in [-0.05, 0) is 35.1 Å². The summed E-state index contributed by atoms with van der Waals surface area (Å²) in [7, 11) is 0. The Bertz CT molecular complexity index is 253. The van der Waals surface area contributed by atoms with Crippen molar-refractivity contribution in [3.63, 3.8) is 0 Å². The van der Waals surface area contributed by atoms with Crippen LogP contribution in [-0.4, -0.2) is 6.54 Å². The molecule has 0 rings (SSSR count). The molecule has 0 aliphatic carbocycles. The van der Waals surface area contributed by atoms with Gasteiger partial charge in [-0.25, -0.2) is 0 Å². The lowest BCUT2D eigenvalue weighted by Gasteiger charge is -2.21. The number of allylic oxidation sites excluding steroid dienone is 3. The van der Waals surface area contributed by atoms with Crippen LogP contribution in [0, 0.1) is 17.3 Å². The molecule has 0 aliphatic heterocycles. The summed E-state index contributed by atoms with van der Waals surface area (Å²) in [6, 6.07) is 0. The summed E-state index contributed by atoms with van der Waals surface area (Å²) in [6.45, 7) is 16.8. The van der Waals surface area contributed by atoms with Crippen LogP contribution in [0.15, 0.2) is 23.9 Å². The third-order valence-electron chi connectivity index (χ3n) is 2.92. The Hall–Kier alpha value is -0.720. The molecule has 0 fully saturated rings. The Balaban J connectivity index is 4.41. The molecule has 0 radical (unpaired) electrons. The fourth-order valence-electron chi connectivity index (χ4n) is 1.48. The fourth-order valence-corrected chi connectivity index (χ4v) is 1.48. The Morgan fingerprint density at radius 1 is 1.18 bits per heavy atom. The lowest BCUT2D eigenvalue weighted by atomic mass is 9.84. The Morgan fingerprint density at radius 3 is 2.18 bits per heavy atom. The van der Waals surface area contributed by atoms with E-state index >= 15 is 0 Å². The number of hydrogen-bond acceptors (Lipinski definition) is 1. The van der Waals surface area contributed by atoms with Crippen LogP contribution in [0.25, 0.3) is 0 Å². The number of rotatable bonds is 6. The number of hydrogen-bond donors (Lipinski definition) is 1. The molecule has 0 amide bonds. The fraction of sp³-hybridized carbons (Fsp3) is 0.750. The van der Waals surface area contributed by atoms with Crippen LogP contribution in [0.4, 0.5) is 0 Å². The Kier molecular flexibility index (Phi) is 7.26. The van der Waals surface area contributed by atoms with Crippen molar-refractivity contribution in [2.24, 2.45) is 17.3 Å². The van der Waals surface area contributed by atoms with E-state index in [2.05, 4.69) is 72.1 Å². The van der Waals surface area contributed by atoms with Gasteiger partial charge in [0.15, 0.2) is 0 Å². The maximum Gasteiger partial charge on any atom is 0.0167 e. The molecule has 0 aromatic heterocycles. The molecule has 0 bridgehead atoms. The highest BCUT2D eigenvalue weighted by atomic mass is 14.8. The first-order valence-corrected chi connectivity index (χ1v) is 6.89. The lowest BCUT2D eigenvalue weighted by molar-refractivity contribution is 0.508. The van der Waals surface area contributed by atoms with E-state index < -0.39 is 0 Å². The van der Waals surface area contributed by atoms with Crippen LogP contribution >= 0.6 is 0 Å². The van der Waals surface area contributed by atoms with Gasteiger partial charge in [-0.2, -0.15) is 0 Å². The highest BCUT2D eigenvalue weighted by molar-refractivity contribution is 5.24. The van der Waals surface area contributed by atoms with E-state index in [1.807, 2.05) is 0 Å². The average Bonchev–Trinajstić information content (AvgIpc) is 2.20. The molecule has 0 aromatic rings. The third kappa shape index (κ3) is 8.06. The van der Waals surface area contributed by atoms with E-state index in [0.29, 0.717) is 5.92 Å². The summed E-state index contributed by atoms with van der Waals surface area (Å²) in [6.07, 6.45) is 7.91. The quantitative estimate of drug-likeness (QED) is 0.656. The van der Waals surface area contributed by atoms with Gasteiger partial charge < -0.3 is 5.32 Å². The number of nitrogens with one attached hydrogen (secondary N) is 1. The van der Waals surface area contributed by atoms with E-state index in [1.165, 1.54) is 12.0 Å². The van der Waals surface area contributed by atoms with E-state index in [9.17, 15) is 0 Å². The molecule has 0 spiro atoms. The van der Waals surface area contributed by atoms with Crippen molar-refractivity contribution in [3.05, 3.63) is 23.9 Å². The first-order chi connectivity index (χ1) is 7.77. The second-order valence-corrected chi connectivity index (χ2v) is 6.37. The van der Waals surface area contributed by atoms with Crippen molar-refractivity contribution in [3.8, 4) is 0 Å². The zero-order chi connectivity index (χ0) is 13.5. The van der Waals surface area contributed by atoms with Gasteiger partial charge in [0.1, 0.15) is 0 Å². The minimum atomic E-state index is 0.221. The molecule has 1 N–H and O–H groups in total. The van der Waals surface area contributed by atoms with Gasteiger partial charge in [-0.1, -0.05) is 61.0 Å². The summed E-state index contributed by atoms with van der Waals surface area (Å²) in [5, 5.41) is 3.39. The first-order valence-electron chi connectivity index (χ1n) is 6.89. The highest BCUT2D eigenvalue weighted by Gasteiger charge is 2.14. The zero-order valence-electron chi connectivity index (χ0n) is 12.8. The lowest BCUT2D eigenvalue weighted by Crippen LogP contribution is -2.15. The molecule has 1 atom stereocenters. The molecule has 17 heavy (non-hydrogen) atoms. The molecule has 0 saturated heterocycles. The van der Waals surface area contributed by atoms with E-state index in [4.69, 9.17) is 0 Å². The first kappa shape index (κ1) is 16.3. The zero-order valence-corrected chi connectivity index (χ0v) is 12.8. The second kappa shape index (κ2) is 7.58. The maximum absolute atomic E-state index is 3.39. The maximum atomic E-state index is 3.39. The van der Waals surface area contributed by atoms with Gasteiger partial charge in [-0.15, -0.1) is 0 Å². The van der Waals surface area contributed by atoms with Crippen molar-refractivity contribution in [1.29, 1.82) is 0 Å².